The van der Waals surface area contributed by atoms with Crippen LogP contribution in [0.5, 0.6) is 0 Å². The molecule has 2 atom stereocenters. The van der Waals surface area contributed by atoms with Gasteiger partial charge in [0.15, 0.2) is 0 Å². The second kappa shape index (κ2) is 9.86. The Kier molecular flexibility index (Phi) is 8.91. The maximum Gasteiger partial charge on any atom is 0.0965 e. The lowest BCUT2D eigenvalue weighted by Gasteiger charge is -2.35. The summed E-state index contributed by atoms with van der Waals surface area (Å²) >= 11 is 0. The Bertz CT molecular complexity index is 288. The first kappa shape index (κ1) is 19.9. The summed E-state index contributed by atoms with van der Waals surface area (Å²) in [5, 5.41) is 3.43. The van der Waals surface area contributed by atoms with Crippen molar-refractivity contribution in [2.24, 2.45) is 17.3 Å². The van der Waals surface area contributed by atoms with Crippen molar-refractivity contribution in [1.82, 2.24) is 15.1 Å². The van der Waals surface area contributed by atoms with Gasteiger partial charge in [0.2, 0.25) is 0 Å². The van der Waals surface area contributed by atoms with Crippen LogP contribution in [0.15, 0.2) is 0 Å². The molecule has 1 saturated heterocycles. The predicted octanol–water partition coefficient (Wildman–Crippen LogP) is 2.75. The molecule has 0 spiro atoms. The van der Waals surface area contributed by atoms with E-state index in [0.717, 1.165) is 19.7 Å². The van der Waals surface area contributed by atoms with Crippen molar-refractivity contribution in [2.45, 2.75) is 41.0 Å². The minimum absolute atomic E-state index is 0. The van der Waals surface area contributed by atoms with E-state index in [4.69, 9.17) is 4.74 Å². The molecule has 134 valence electrons. The molecule has 0 aromatic heterocycles. The van der Waals surface area contributed by atoms with E-state index in [0.29, 0.717) is 24.0 Å². The SMILES string of the molecule is CCC(C)C(COCNCCN1CCN(C)CC1)C(C)(C)C.[HH]. The molecule has 1 aliphatic rings. The summed E-state index contributed by atoms with van der Waals surface area (Å²) in [7, 11) is 2.20. The van der Waals surface area contributed by atoms with Crippen molar-refractivity contribution in [3.8, 4) is 0 Å². The first-order valence-electron chi connectivity index (χ1n) is 9.04. The minimum atomic E-state index is 0. The lowest BCUT2D eigenvalue weighted by Crippen LogP contribution is -2.46. The summed E-state index contributed by atoms with van der Waals surface area (Å²) in [6, 6.07) is 0. The highest BCUT2D eigenvalue weighted by molar-refractivity contribution is 4.77. The molecule has 0 amide bonds. The topological polar surface area (TPSA) is 27.7 Å². The molecular weight excluding hydrogens is 274 g/mol. The van der Waals surface area contributed by atoms with E-state index in [2.05, 4.69) is 56.8 Å². The van der Waals surface area contributed by atoms with Crippen molar-refractivity contribution < 1.29 is 6.16 Å². The Hall–Kier alpha value is -0.160. The number of hydrogen-bond donors (Lipinski definition) is 1. The molecule has 22 heavy (non-hydrogen) atoms. The van der Waals surface area contributed by atoms with Gasteiger partial charge in [0.1, 0.15) is 0 Å². The maximum atomic E-state index is 5.91. The summed E-state index contributed by atoms with van der Waals surface area (Å²) in [6.45, 7) is 20.1. The predicted molar refractivity (Wildman–Crippen MR) is 97.3 cm³/mol. The van der Waals surface area contributed by atoms with Gasteiger partial charge in [-0.05, 0) is 24.3 Å². The molecule has 2 unspecified atom stereocenters. The monoisotopic (exact) mass is 315 g/mol. The smallest absolute Gasteiger partial charge is 0.0965 e. The van der Waals surface area contributed by atoms with E-state index in [1.807, 2.05) is 0 Å². The molecule has 0 saturated carbocycles. The van der Waals surface area contributed by atoms with E-state index in [1.165, 1.54) is 32.6 Å². The number of nitrogens with one attached hydrogen (secondary N) is 1. The molecule has 0 radical (unpaired) electrons. The van der Waals surface area contributed by atoms with Gasteiger partial charge in [-0.25, -0.2) is 0 Å². The summed E-state index contributed by atoms with van der Waals surface area (Å²) < 4.78 is 5.91. The Morgan fingerprint density at radius 2 is 1.82 bits per heavy atom. The van der Waals surface area contributed by atoms with E-state index in [-0.39, 0.29) is 1.43 Å². The third-order valence-electron chi connectivity index (χ3n) is 5.15. The molecule has 0 aromatic rings. The lowest BCUT2D eigenvalue weighted by molar-refractivity contribution is 0.0186. The Balaban J connectivity index is 0.00000484. The van der Waals surface area contributed by atoms with Crippen molar-refractivity contribution in [3.05, 3.63) is 0 Å². The minimum Gasteiger partial charge on any atom is -0.366 e. The first-order valence-corrected chi connectivity index (χ1v) is 9.04. The van der Waals surface area contributed by atoms with Crippen LogP contribution in [0, 0.1) is 17.3 Å². The molecular formula is C18H41N3O. The van der Waals surface area contributed by atoms with Crippen LogP contribution in [0.2, 0.25) is 0 Å². The van der Waals surface area contributed by atoms with Crippen molar-refractivity contribution in [3.63, 3.8) is 0 Å². The van der Waals surface area contributed by atoms with Crippen LogP contribution in [0.4, 0.5) is 0 Å². The van der Waals surface area contributed by atoms with E-state index < -0.39 is 0 Å². The van der Waals surface area contributed by atoms with Gasteiger partial charge in [-0.15, -0.1) is 0 Å². The van der Waals surface area contributed by atoms with Crippen LogP contribution < -0.4 is 5.32 Å². The molecule has 1 aliphatic heterocycles. The van der Waals surface area contributed by atoms with Crippen LogP contribution >= 0.6 is 0 Å². The molecule has 0 aliphatic carbocycles. The summed E-state index contributed by atoms with van der Waals surface area (Å²) in [6.07, 6.45) is 1.22. The molecule has 1 N–H and O–H groups in total. The average molecular weight is 316 g/mol. The molecule has 0 bridgehead atoms. The Labute approximate surface area is 140 Å². The van der Waals surface area contributed by atoms with Crippen molar-refractivity contribution >= 4 is 0 Å². The van der Waals surface area contributed by atoms with Crippen LogP contribution in [0.1, 0.15) is 42.5 Å². The fourth-order valence-electron chi connectivity index (χ4n) is 3.19. The summed E-state index contributed by atoms with van der Waals surface area (Å²) in [5.41, 5.74) is 0.315. The quantitative estimate of drug-likeness (QED) is 0.523. The number of hydrogen-bond acceptors (Lipinski definition) is 4. The maximum absolute atomic E-state index is 5.91. The zero-order valence-electron chi connectivity index (χ0n) is 15.8. The number of likely N-dealkylation sites (N-methyl/N-ethyl adjacent to an activating group) is 1. The fraction of sp³-hybridized carbons (Fsp3) is 1.00. The van der Waals surface area contributed by atoms with Crippen LogP contribution in [-0.2, 0) is 4.74 Å². The van der Waals surface area contributed by atoms with Crippen molar-refractivity contribution in [2.75, 3.05) is 59.7 Å². The van der Waals surface area contributed by atoms with Gasteiger partial charge < -0.3 is 9.64 Å². The van der Waals surface area contributed by atoms with Gasteiger partial charge in [0, 0.05) is 40.7 Å². The van der Waals surface area contributed by atoms with Crippen LogP contribution in [0.25, 0.3) is 0 Å². The zero-order valence-corrected chi connectivity index (χ0v) is 15.8. The molecule has 0 aromatic carbocycles. The van der Waals surface area contributed by atoms with Gasteiger partial charge >= 0.3 is 0 Å². The van der Waals surface area contributed by atoms with Gasteiger partial charge in [0.05, 0.1) is 13.3 Å². The fourth-order valence-corrected chi connectivity index (χ4v) is 3.19. The van der Waals surface area contributed by atoms with Gasteiger partial charge in [0.25, 0.3) is 0 Å². The molecule has 4 heteroatoms. The Morgan fingerprint density at radius 3 is 2.36 bits per heavy atom. The second-order valence-corrected chi connectivity index (χ2v) is 8.02. The number of piperazine rings is 1. The standard InChI is InChI=1S/C18H39N3O.H2/c1-7-16(2)17(18(3,4)5)14-22-15-19-8-9-21-12-10-20(6)11-13-21;/h16-17,19H,7-15H2,1-6H3;1H. The zero-order chi connectivity index (χ0) is 16.6. The number of nitrogens with zero attached hydrogens (tertiary/aromatic N) is 2. The summed E-state index contributed by atoms with van der Waals surface area (Å²) in [4.78, 5) is 4.93. The highest BCUT2D eigenvalue weighted by Gasteiger charge is 2.28. The van der Waals surface area contributed by atoms with Crippen LogP contribution in [-0.4, -0.2) is 69.5 Å². The number of ether oxygens (including phenoxy) is 1. The van der Waals surface area contributed by atoms with E-state index in [9.17, 15) is 0 Å². The van der Waals surface area contributed by atoms with Gasteiger partial charge in [-0.2, -0.15) is 0 Å². The molecule has 1 fully saturated rings. The van der Waals surface area contributed by atoms with E-state index >= 15 is 0 Å². The van der Waals surface area contributed by atoms with Crippen molar-refractivity contribution in [1.29, 1.82) is 0 Å². The van der Waals surface area contributed by atoms with Gasteiger partial charge in [-0.1, -0.05) is 41.0 Å². The third-order valence-corrected chi connectivity index (χ3v) is 5.15. The first-order chi connectivity index (χ1) is 10.3. The van der Waals surface area contributed by atoms with Crippen LogP contribution in [0.3, 0.4) is 0 Å². The molecule has 1 heterocycles. The highest BCUT2D eigenvalue weighted by atomic mass is 16.5. The lowest BCUT2D eigenvalue weighted by atomic mass is 9.73. The summed E-state index contributed by atoms with van der Waals surface area (Å²) in [5.74, 6) is 1.34. The highest BCUT2D eigenvalue weighted by Crippen LogP contribution is 2.33. The van der Waals surface area contributed by atoms with Gasteiger partial charge in [-0.3, -0.25) is 10.2 Å². The molecule has 4 nitrogen and oxygen atoms in total. The normalized spacial score (nSPS) is 21.0. The average Bonchev–Trinajstić information content (AvgIpc) is 2.46. The third kappa shape index (κ3) is 7.40. The van der Waals surface area contributed by atoms with E-state index in [1.54, 1.807) is 0 Å². The molecule has 1 rings (SSSR count). The number of rotatable bonds is 9. The second-order valence-electron chi connectivity index (χ2n) is 8.02. The largest absolute Gasteiger partial charge is 0.366 e. The Morgan fingerprint density at radius 1 is 1.18 bits per heavy atom.